The molecule has 1 rings (SSSR count). The zero-order chi connectivity index (χ0) is 15.6. The molecular formula is C17H27NOS. The lowest BCUT2D eigenvalue weighted by molar-refractivity contribution is -0.128. The lowest BCUT2D eigenvalue weighted by Crippen LogP contribution is -2.51. The van der Waals surface area contributed by atoms with Gasteiger partial charge in [0.05, 0.1) is 6.04 Å². The number of aryl methyl sites for hydroxylation is 1. The Balaban J connectivity index is 2.75. The van der Waals surface area contributed by atoms with E-state index in [1.165, 1.54) is 11.1 Å². The van der Waals surface area contributed by atoms with E-state index < -0.39 is 6.04 Å². The van der Waals surface area contributed by atoms with Crippen LogP contribution in [0.1, 0.15) is 45.7 Å². The van der Waals surface area contributed by atoms with Crippen molar-refractivity contribution < 1.29 is 4.79 Å². The van der Waals surface area contributed by atoms with Gasteiger partial charge in [-0.1, -0.05) is 45.0 Å². The minimum absolute atomic E-state index is 0.125. The lowest BCUT2D eigenvalue weighted by Gasteiger charge is -2.34. The van der Waals surface area contributed by atoms with Gasteiger partial charge in [-0.2, -0.15) is 0 Å². The van der Waals surface area contributed by atoms with Gasteiger partial charge in [0.25, 0.3) is 0 Å². The van der Waals surface area contributed by atoms with Crippen LogP contribution in [0.2, 0.25) is 0 Å². The predicted molar refractivity (Wildman–Crippen MR) is 89.0 cm³/mol. The van der Waals surface area contributed by atoms with E-state index in [-0.39, 0.29) is 15.9 Å². The third-order valence-electron chi connectivity index (χ3n) is 3.63. The van der Waals surface area contributed by atoms with Crippen LogP contribution in [0.4, 0.5) is 0 Å². The summed E-state index contributed by atoms with van der Waals surface area (Å²) >= 11 is 1.75. The number of thioether (sulfide) groups is 1. The van der Waals surface area contributed by atoms with E-state index in [0.29, 0.717) is 0 Å². The molecule has 0 saturated heterocycles. The molecule has 0 radical (unpaired) electrons. The number of benzene rings is 1. The number of carbonyl (C=O) groups excluding carboxylic acids is 1. The summed E-state index contributed by atoms with van der Waals surface area (Å²) in [5.41, 5.74) is 8.41. The number of nitrogens with two attached hydrogens (primary N) is 1. The summed E-state index contributed by atoms with van der Waals surface area (Å²) in [7, 11) is 0. The Labute approximate surface area is 127 Å². The van der Waals surface area contributed by atoms with Gasteiger partial charge in [0.15, 0.2) is 5.78 Å². The van der Waals surface area contributed by atoms with Crippen LogP contribution in [0.15, 0.2) is 24.3 Å². The lowest BCUT2D eigenvalue weighted by atomic mass is 9.82. The minimum atomic E-state index is -0.448. The van der Waals surface area contributed by atoms with Crippen molar-refractivity contribution in [3.63, 3.8) is 0 Å². The first-order chi connectivity index (χ1) is 9.05. The average molecular weight is 293 g/mol. The van der Waals surface area contributed by atoms with Crippen LogP contribution >= 0.6 is 11.8 Å². The summed E-state index contributed by atoms with van der Waals surface area (Å²) in [6.07, 6.45) is 0. The van der Waals surface area contributed by atoms with Gasteiger partial charge in [-0.15, -0.1) is 11.8 Å². The zero-order valence-electron chi connectivity index (χ0n) is 13.5. The first-order valence-corrected chi connectivity index (χ1v) is 8.02. The highest BCUT2D eigenvalue weighted by atomic mass is 32.2. The fraction of sp³-hybridized carbons (Fsp3) is 0.588. The molecule has 0 aliphatic carbocycles. The fourth-order valence-corrected chi connectivity index (χ4v) is 3.05. The van der Waals surface area contributed by atoms with Gasteiger partial charge in [-0.25, -0.2) is 0 Å². The first-order valence-electron chi connectivity index (χ1n) is 7.04. The quantitative estimate of drug-likeness (QED) is 0.894. The van der Waals surface area contributed by atoms with Crippen LogP contribution in [0.5, 0.6) is 0 Å². The van der Waals surface area contributed by atoms with Crippen molar-refractivity contribution in [2.45, 2.75) is 58.1 Å². The van der Waals surface area contributed by atoms with Gasteiger partial charge >= 0.3 is 0 Å². The van der Waals surface area contributed by atoms with Crippen molar-refractivity contribution in [1.29, 1.82) is 0 Å². The molecule has 20 heavy (non-hydrogen) atoms. The highest BCUT2D eigenvalue weighted by molar-refractivity contribution is 7.99. The Kier molecular flexibility index (Phi) is 5.45. The molecule has 0 heterocycles. The van der Waals surface area contributed by atoms with Crippen LogP contribution in [-0.2, 0) is 10.5 Å². The van der Waals surface area contributed by atoms with E-state index >= 15 is 0 Å². The second-order valence-electron chi connectivity index (χ2n) is 6.91. The summed E-state index contributed by atoms with van der Waals surface area (Å²) in [6.45, 7) is 12.0. The number of ketones is 1. The molecule has 2 nitrogen and oxygen atoms in total. The normalized spacial score (nSPS) is 14.2. The van der Waals surface area contributed by atoms with Crippen molar-refractivity contribution in [3.8, 4) is 0 Å². The van der Waals surface area contributed by atoms with Crippen molar-refractivity contribution in [1.82, 2.24) is 0 Å². The molecule has 1 atom stereocenters. The monoisotopic (exact) mass is 293 g/mol. The van der Waals surface area contributed by atoms with E-state index in [1.54, 1.807) is 11.8 Å². The second-order valence-corrected chi connectivity index (χ2v) is 8.54. The number of rotatable bonds is 5. The molecular weight excluding hydrogens is 266 g/mol. The van der Waals surface area contributed by atoms with Gasteiger partial charge in [0, 0.05) is 15.9 Å². The third kappa shape index (κ3) is 4.35. The number of hydrogen-bond acceptors (Lipinski definition) is 3. The SMILES string of the molecule is Cc1ccccc1CSC(C)(C)C(N)C(=O)C(C)(C)C. The van der Waals surface area contributed by atoms with Crippen molar-refractivity contribution in [3.05, 3.63) is 35.4 Å². The topological polar surface area (TPSA) is 43.1 Å². The highest BCUT2D eigenvalue weighted by Crippen LogP contribution is 2.34. The molecule has 0 spiro atoms. The summed E-state index contributed by atoms with van der Waals surface area (Å²) in [5.74, 6) is 1.00. The average Bonchev–Trinajstić information content (AvgIpc) is 2.35. The van der Waals surface area contributed by atoms with Gasteiger partial charge in [0.1, 0.15) is 0 Å². The molecule has 0 bridgehead atoms. The molecule has 2 N–H and O–H groups in total. The van der Waals surface area contributed by atoms with E-state index in [9.17, 15) is 4.79 Å². The maximum atomic E-state index is 12.4. The Morgan fingerprint density at radius 2 is 1.75 bits per heavy atom. The van der Waals surface area contributed by atoms with E-state index in [0.717, 1.165) is 5.75 Å². The molecule has 3 heteroatoms. The Hall–Kier alpha value is -0.800. The molecule has 0 fully saturated rings. The van der Waals surface area contributed by atoms with E-state index in [2.05, 4.69) is 39.0 Å². The molecule has 0 aromatic heterocycles. The molecule has 0 aliphatic rings. The Bertz CT molecular complexity index is 474. The summed E-state index contributed by atoms with van der Waals surface area (Å²) < 4.78 is -0.271. The standard InChI is InChI=1S/C17H27NOS/c1-12-9-7-8-10-13(12)11-20-17(5,6)14(18)15(19)16(2,3)4/h7-10,14H,11,18H2,1-6H3. The highest BCUT2D eigenvalue weighted by Gasteiger charge is 2.37. The van der Waals surface area contributed by atoms with Crippen LogP contribution in [0.25, 0.3) is 0 Å². The van der Waals surface area contributed by atoms with Crippen LogP contribution in [-0.4, -0.2) is 16.6 Å². The van der Waals surface area contributed by atoms with Crippen LogP contribution in [0.3, 0.4) is 0 Å². The first kappa shape index (κ1) is 17.3. The summed E-state index contributed by atoms with van der Waals surface area (Å²) in [5, 5.41) is 0. The van der Waals surface area contributed by atoms with Gasteiger partial charge in [-0.05, 0) is 31.9 Å². The van der Waals surface area contributed by atoms with Crippen LogP contribution in [0, 0.1) is 12.3 Å². The molecule has 1 aromatic carbocycles. The fourth-order valence-electron chi connectivity index (χ4n) is 1.91. The van der Waals surface area contributed by atoms with Gasteiger partial charge in [-0.3, -0.25) is 4.79 Å². The van der Waals surface area contributed by atoms with E-state index in [1.807, 2.05) is 26.8 Å². The number of carbonyl (C=O) groups is 1. The molecule has 0 saturated carbocycles. The third-order valence-corrected chi connectivity index (χ3v) is 5.08. The molecule has 112 valence electrons. The minimum Gasteiger partial charge on any atom is -0.320 e. The van der Waals surface area contributed by atoms with Gasteiger partial charge < -0.3 is 5.73 Å². The molecule has 0 aliphatic heterocycles. The second kappa shape index (κ2) is 6.31. The van der Waals surface area contributed by atoms with Crippen LogP contribution < -0.4 is 5.73 Å². The number of hydrogen-bond donors (Lipinski definition) is 1. The maximum absolute atomic E-state index is 12.4. The maximum Gasteiger partial charge on any atom is 0.156 e. The summed E-state index contributed by atoms with van der Waals surface area (Å²) in [4.78, 5) is 12.4. The van der Waals surface area contributed by atoms with Crippen molar-refractivity contribution in [2.75, 3.05) is 0 Å². The predicted octanol–water partition coefficient (Wildman–Crippen LogP) is 3.95. The molecule has 0 amide bonds. The molecule has 1 aromatic rings. The smallest absolute Gasteiger partial charge is 0.156 e. The Morgan fingerprint density at radius 3 is 2.25 bits per heavy atom. The van der Waals surface area contributed by atoms with Crippen molar-refractivity contribution >= 4 is 17.5 Å². The van der Waals surface area contributed by atoms with Gasteiger partial charge in [0.2, 0.25) is 0 Å². The largest absolute Gasteiger partial charge is 0.320 e. The zero-order valence-corrected chi connectivity index (χ0v) is 14.3. The Morgan fingerprint density at radius 1 is 1.20 bits per heavy atom. The summed E-state index contributed by atoms with van der Waals surface area (Å²) in [6, 6.07) is 7.90. The molecule has 1 unspecified atom stereocenters. The van der Waals surface area contributed by atoms with Crippen molar-refractivity contribution in [2.24, 2.45) is 11.1 Å². The van der Waals surface area contributed by atoms with E-state index in [4.69, 9.17) is 5.73 Å². The number of Topliss-reactive ketones (excluding diaryl/α,β-unsaturated/α-hetero) is 1.